The van der Waals surface area contributed by atoms with Crippen molar-refractivity contribution in [2.24, 2.45) is 0 Å². The van der Waals surface area contributed by atoms with E-state index in [0.717, 1.165) is 17.1 Å². The van der Waals surface area contributed by atoms with E-state index >= 15 is 0 Å². The molecule has 142 valence electrons. The average Bonchev–Trinajstić information content (AvgIpc) is 2.98. The molecule has 1 aliphatic heterocycles. The number of hydrogen-bond acceptors (Lipinski definition) is 2. The van der Waals surface area contributed by atoms with Gasteiger partial charge in [-0.05, 0) is 70.6 Å². The molecule has 0 radical (unpaired) electrons. The van der Waals surface area contributed by atoms with Crippen molar-refractivity contribution < 1.29 is 9.47 Å². The van der Waals surface area contributed by atoms with Crippen LogP contribution in [0.15, 0.2) is 36.4 Å². The van der Waals surface area contributed by atoms with Gasteiger partial charge in [0.15, 0.2) is 11.5 Å². The first-order chi connectivity index (χ1) is 12.7. The van der Waals surface area contributed by atoms with Gasteiger partial charge >= 0.3 is 0 Å². The lowest BCUT2D eigenvalue weighted by molar-refractivity contribution is 0.0678. The quantitative estimate of drug-likeness (QED) is 0.553. The van der Waals surface area contributed by atoms with E-state index in [2.05, 4.69) is 71.0 Å². The molecule has 0 spiro atoms. The Morgan fingerprint density at radius 2 is 1.56 bits per heavy atom. The second-order valence-corrected chi connectivity index (χ2v) is 9.36. The van der Waals surface area contributed by atoms with Gasteiger partial charge in [0.1, 0.15) is 0 Å². The highest BCUT2D eigenvalue weighted by molar-refractivity contribution is 5.81. The molecule has 1 unspecified atom stereocenters. The molecule has 4 rings (SSSR count). The van der Waals surface area contributed by atoms with Gasteiger partial charge in [-0.2, -0.15) is 0 Å². The predicted octanol–water partition coefficient (Wildman–Crippen LogP) is 6.71. The summed E-state index contributed by atoms with van der Waals surface area (Å²) in [6.07, 6.45) is 4.51. The standard InChI is InChI=1S/C25H30O2/c1-16(13-18-7-10-22-23(14-18)27-17(2)26-22)19-8-9-20-21(15-19)25(5,6)12-11-24(20,3)4/h7-10,13-15,17H,11-12H2,1-6H3. The lowest BCUT2D eigenvalue weighted by Crippen LogP contribution is -2.33. The van der Waals surface area contributed by atoms with Crippen LogP contribution in [0.1, 0.15) is 76.6 Å². The van der Waals surface area contributed by atoms with Crippen molar-refractivity contribution in [3.63, 3.8) is 0 Å². The smallest absolute Gasteiger partial charge is 0.238 e. The van der Waals surface area contributed by atoms with E-state index in [0.29, 0.717) is 0 Å². The molecule has 0 saturated heterocycles. The zero-order valence-electron chi connectivity index (χ0n) is 17.3. The van der Waals surface area contributed by atoms with Crippen LogP contribution < -0.4 is 9.47 Å². The summed E-state index contributed by atoms with van der Waals surface area (Å²) in [5, 5.41) is 0. The largest absolute Gasteiger partial charge is 0.451 e. The molecule has 0 amide bonds. The van der Waals surface area contributed by atoms with E-state index in [9.17, 15) is 0 Å². The highest BCUT2D eigenvalue weighted by Crippen LogP contribution is 2.46. The maximum Gasteiger partial charge on any atom is 0.238 e. The molecule has 2 aromatic carbocycles. The number of rotatable bonds is 2. The molecular weight excluding hydrogens is 332 g/mol. The van der Waals surface area contributed by atoms with Crippen molar-refractivity contribution in [1.29, 1.82) is 0 Å². The van der Waals surface area contributed by atoms with E-state index in [1.807, 2.05) is 13.0 Å². The fourth-order valence-corrected chi connectivity index (χ4v) is 4.35. The van der Waals surface area contributed by atoms with Crippen LogP contribution in [-0.4, -0.2) is 6.29 Å². The van der Waals surface area contributed by atoms with Gasteiger partial charge in [0.25, 0.3) is 0 Å². The fourth-order valence-electron chi connectivity index (χ4n) is 4.35. The van der Waals surface area contributed by atoms with Gasteiger partial charge in [-0.3, -0.25) is 0 Å². The van der Waals surface area contributed by atoms with Gasteiger partial charge in [0.2, 0.25) is 6.29 Å². The third-order valence-electron chi connectivity index (χ3n) is 6.24. The summed E-state index contributed by atoms with van der Waals surface area (Å²) < 4.78 is 11.3. The van der Waals surface area contributed by atoms with E-state index in [4.69, 9.17) is 9.47 Å². The first-order valence-electron chi connectivity index (χ1n) is 9.97. The zero-order valence-corrected chi connectivity index (χ0v) is 17.3. The summed E-state index contributed by atoms with van der Waals surface area (Å²) in [7, 11) is 0. The van der Waals surface area contributed by atoms with Gasteiger partial charge in [-0.1, -0.05) is 58.0 Å². The molecule has 1 heterocycles. The van der Waals surface area contributed by atoms with Crippen LogP contribution in [0, 0.1) is 0 Å². The molecule has 0 N–H and O–H groups in total. The van der Waals surface area contributed by atoms with E-state index in [1.165, 1.54) is 35.1 Å². The molecule has 0 saturated carbocycles. The SMILES string of the molecule is CC(=Cc1ccc2c(c1)OC(C)O2)c1ccc2c(c1)C(C)(C)CCC2(C)C. The molecule has 0 fully saturated rings. The fraction of sp³-hybridized carbons (Fsp3) is 0.440. The molecule has 1 aliphatic carbocycles. The Kier molecular flexibility index (Phi) is 4.14. The summed E-state index contributed by atoms with van der Waals surface area (Å²) in [5.41, 5.74) is 7.21. The van der Waals surface area contributed by atoms with Crippen LogP contribution in [0.5, 0.6) is 11.5 Å². The second-order valence-electron chi connectivity index (χ2n) is 9.36. The minimum atomic E-state index is -0.202. The molecular formula is C25H30O2. The first kappa shape index (κ1) is 18.2. The normalized spacial score (nSPS) is 22.4. The van der Waals surface area contributed by atoms with Crippen LogP contribution >= 0.6 is 0 Å². The van der Waals surface area contributed by atoms with Gasteiger partial charge in [-0.15, -0.1) is 0 Å². The molecule has 2 aliphatic rings. The molecule has 2 aromatic rings. The van der Waals surface area contributed by atoms with Gasteiger partial charge in [0.05, 0.1) is 0 Å². The third-order valence-corrected chi connectivity index (χ3v) is 6.24. The zero-order chi connectivity index (χ0) is 19.4. The van der Waals surface area contributed by atoms with Crippen LogP contribution in [0.3, 0.4) is 0 Å². The van der Waals surface area contributed by atoms with Crippen molar-refractivity contribution in [3.8, 4) is 11.5 Å². The molecule has 0 bridgehead atoms. The summed E-state index contributed by atoms with van der Waals surface area (Å²) in [6.45, 7) is 13.6. The van der Waals surface area contributed by atoms with Crippen LogP contribution in [0.4, 0.5) is 0 Å². The first-order valence-corrected chi connectivity index (χ1v) is 9.97. The Balaban J connectivity index is 1.70. The van der Waals surface area contributed by atoms with E-state index < -0.39 is 0 Å². The molecule has 0 aromatic heterocycles. The molecule has 1 atom stereocenters. The van der Waals surface area contributed by atoms with Crippen LogP contribution in [-0.2, 0) is 10.8 Å². The third kappa shape index (κ3) is 3.26. The minimum Gasteiger partial charge on any atom is -0.451 e. The van der Waals surface area contributed by atoms with Crippen LogP contribution in [0.2, 0.25) is 0 Å². The molecule has 2 heteroatoms. The minimum absolute atomic E-state index is 0.202. The lowest BCUT2D eigenvalue weighted by atomic mass is 9.63. The Hall–Kier alpha value is -2.22. The van der Waals surface area contributed by atoms with Crippen molar-refractivity contribution in [2.45, 2.75) is 71.5 Å². The monoisotopic (exact) mass is 362 g/mol. The average molecular weight is 363 g/mol. The van der Waals surface area contributed by atoms with E-state index in [1.54, 1.807) is 0 Å². The Morgan fingerprint density at radius 3 is 2.30 bits per heavy atom. The maximum atomic E-state index is 5.71. The Labute approximate surface area is 163 Å². The van der Waals surface area contributed by atoms with Gasteiger partial charge in [-0.25, -0.2) is 0 Å². The van der Waals surface area contributed by atoms with Crippen molar-refractivity contribution >= 4 is 11.6 Å². The van der Waals surface area contributed by atoms with Gasteiger partial charge in [0, 0.05) is 6.92 Å². The van der Waals surface area contributed by atoms with Crippen molar-refractivity contribution in [1.82, 2.24) is 0 Å². The maximum absolute atomic E-state index is 5.71. The topological polar surface area (TPSA) is 18.5 Å². The second kappa shape index (κ2) is 6.15. The lowest BCUT2D eigenvalue weighted by Gasteiger charge is -2.42. The Bertz CT molecular complexity index is 918. The summed E-state index contributed by atoms with van der Waals surface area (Å²) in [4.78, 5) is 0. The van der Waals surface area contributed by atoms with Crippen LogP contribution in [0.25, 0.3) is 11.6 Å². The molecule has 27 heavy (non-hydrogen) atoms. The number of allylic oxidation sites excluding steroid dienone is 1. The highest BCUT2D eigenvalue weighted by atomic mass is 16.7. The number of fused-ring (bicyclic) bond motifs is 2. The molecule has 2 nitrogen and oxygen atoms in total. The van der Waals surface area contributed by atoms with E-state index in [-0.39, 0.29) is 17.1 Å². The summed E-state index contributed by atoms with van der Waals surface area (Å²) >= 11 is 0. The summed E-state index contributed by atoms with van der Waals surface area (Å²) in [6, 6.07) is 13.2. The van der Waals surface area contributed by atoms with Crippen molar-refractivity contribution in [2.75, 3.05) is 0 Å². The summed E-state index contributed by atoms with van der Waals surface area (Å²) in [5.74, 6) is 1.66. The van der Waals surface area contributed by atoms with Crippen molar-refractivity contribution in [3.05, 3.63) is 58.7 Å². The van der Waals surface area contributed by atoms with Gasteiger partial charge < -0.3 is 9.47 Å². The number of benzene rings is 2. The highest BCUT2D eigenvalue weighted by Gasteiger charge is 2.36. The Morgan fingerprint density at radius 1 is 0.889 bits per heavy atom. The number of hydrogen-bond donors (Lipinski definition) is 0. The predicted molar refractivity (Wildman–Crippen MR) is 112 cm³/mol. The number of ether oxygens (including phenoxy) is 2.